The molecule has 36 heavy (non-hydrogen) atoms. The summed E-state index contributed by atoms with van der Waals surface area (Å²) in [6.07, 6.45) is 1.60. The van der Waals surface area contributed by atoms with Crippen LogP contribution in [0, 0.1) is 0 Å². The summed E-state index contributed by atoms with van der Waals surface area (Å²) in [5.41, 5.74) is 1.86. The summed E-state index contributed by atoms with van der Waals surface area (Å²) in [6.45, 7) is 2.51. The molecule has 0 aliphatic rings. The van der Waals surface area contributed by atoms with E-state index in [-0.39, 0.29) is 0 Å². The minimum absolute atomic E-state index is 0.300. The molecule has 0 radical (unpaired) electrons. The maximum absolute atomic E-state index is 13.8. The molecule has 4 rings (SSSR count). The second kappa shape index (κ2) is 11.4. The molecule has 0 saturated heterocycles. The molecule has 8 nitrogen and oxygen atoms in total. The lowest BCUT2D eigenvalue weighted by molar-refractivity contribution is 0.0987. The molecule has 10 heteroatoms. The first-order chi connectivity index (χ1) is 17.5. The number of methoxy groups -OCH3 is 3. The van der Waals surface area contributed by atoms with Crippen molar-refractivity contribution in [1.82, 2.24) is 4.98 Å². The summed E-state index contributed by atoms with van der Waals surface area (Å²) in [7, 11) is 4.51. The highest BCUT2D eigenvalue weighted by Gasteiger charge is 2.24. The fourth-order valence-electron chi connectivity index (χ4n) is 3.43. The quantitative estimate of drug-likeness (QED) is 0.177. The van der Waals surface area contributed by atoms with E-state index in [4.69, 9.17) is 18.9 Å². The van der Waals surface area contributed by atoms with Crippen LogP contribution in [0.4, 0.5) is 5.13 Å². The Morgan fingerprint density at radius 3 is 2.33 bits per heavy atom. The Kier molecular flexibility index (Phi) is 8.07. The monoisotopic (exact) mass is 569 g/mol. The lowest BCUT2D eigenvalue weighted by Gasteiger charge is -2.17. The standard InChI is InChI=1S/C26H24BrN3O5S/c1-5-35-19-9-6-16(7-10-19)15-28-30(26-29-20-11-8-18(27)14-23(20)36-26)25(31)17-12-21(32-2)24(34-4)22(13-17)33-3/h6-15H,5H2,1-4H3/b28-15+. The number of fused-ring (bicyclic) bond motifs is 1. The molecule has 0 aliphatic carbocycles. The molecule has 0 unspecified atom stereocenters. The van der Waals surface area contributed by atoms with Gasteiger partial charge >= 0.3 is 0 Å². The van der Waals surface area contributed by atoms with Gasteiger partial charge in [-0.05, 0) is 67.1 Å². The van der Waals surface area contributed by atoms with Crippen molar-refractivity contribution in [2.75, 3.05) is 32.9 Å². The first-order valence-electron chi connectivity index (χ1n) is 10.9. The Balaban J connectivity index is 1.77. The molecule has 0 N–H and O–H groups in total. The number of carbonyl (C=O) groups excluding carboxylic acids is 1. The van der Waals surface area contributed by atoms with Crippen molar-refractivity contribution in [2.45, 2.75) is 6.92 Å². The number of aromatic nitrogens is 1. The zero-order chi connectivity index (χ0) is 25.7. The van der Waals surface area contributed by atoms with Gasteiger partial charge in [0.25, 0.3) is 5.91 Å². The number of thiazole rings is 1. The van der Waals surface area contributed by atoms with Crippen LogP contribution in [-0.2, 0) is 0 Å². The van der Waals surface area contributed by atoms with Crippen LogP contribution < -0.4 is 24.0 Å². The van der Waals surface area contributed by atoms with Crippen LogP contribution in [0.15, 0.2) is 64.2 Å². The summed E-state index contributed by atoms with van der Waals surface area (Å²) >= 11 is 4.84. The Hall–Kier alpha value is -3.63. The van der Waals surface area contributed by atoms with Gasteiger partial charge in [0.1, 0.15) is 5.75 Å². The molecule has 0 saturated carbocycles. The number of benzene rings is 3. The molecule has 1 amide bonds. The van der Waals surface area contributed by atoms with E-state index in [9.17, 15) is 4.79 Å². The SMILES string of the molecule is CCOc1ccc(/C=N/N(C(=O)c2cc(OC)c(OC)c(OC)c2)c2nc3ccc(Br)cc3s2)cc1. The average Bonchev–Trinajstić information content (AvgIpc) is 3.31. The summed E-state index contributed by atoms with van der Waals surface area (Å²) in [6, 6.07) is 16.4. The third-order valence-corrected chi connectivity index (χ3v) is 6.62. The number of amides is 1. The maximum Gasteiger partial charge on any atom is 0.281 e. The van der Waals surface area contributed by atoms with Crippen LogP contribution >= 0.6 is 27.3 Å². The van der Waals surface area contributed by atoms with Crippen molar-refractivity contribution in [1.29, 1.82) is 0 Å². The van der Waals surface area contributed by atoms with Gasteiger partial charge in [0.2, 0.25) is 10.9 Å². The lowest BCUT2D eigenvalue weighted by atomic mass is 10.1. The number of hydrazone groups is 1. The molecule has 3 aromatic carbocycles. The number of ether oxygens (including phenoxy) is 4. The number of hydrogen-bond donors (Lipinski definition) is 0. The summed E-state index contributed by atoms with van der Waals surface area (Å²) < 4.78 is 23.6. The van der Waals surface area contributed by atoms with Gasteiger partial charge in [-0.25, -0.2) is 4.98 Å². The zero-order valence-corrected chi connectivity index (χ0v) is 22.6. The van der Waals surface area contributed by atoms with Gasteiger partial charge in [-0.2, -0.15) is 10.1 Å². The molecule has 1 aromatic heterocycles. The molecular formula is C26H24BrN3O5S. The van der Waals surface area contributed by atoms with E-state index in [1.807, 2.05) is 49.4 Å². The molecule has 0 aliphatic heterocycles. The van der Waals surface area contributed by atoms with Crippen LogP contribution in [0.5, 0.6) is 23.0 Å². The van der Waals surface area contributed by atoms with Gasteiger partial charge in [-0.15, -0.1) is 0 Å². The Morgan fingerprint density at radius 1 is 1.03 bits per heavy atom. The van der Waals surface area contributed by atoms with Crippen LogP contribution in [0.2, 0.25) is 0 Å². The van der Waals surface area contributed by atoms with E-state index in [0.29, 0.717) is 34.6 Å². The fourth-order valence-corrected chi connectivity index (χ4v) is 4.91. The summed E-state index contributed by atoms with van der Waals surface area (Å²) in [5.74, 6) is 1.48. The van der Waals surface area contributed by atoms with Gasteiger partial charge in [0, 0.05) is 10.0 Å². The van der Waals surface area contributed by atoms with Gasteiger partial charge in [0.15, 0.2) is 11.5 Å². The molecular weight excluding hydrogens is 546 g/mol. The molecule has 0 fully saturated rings. The largest absolute Gasteiger partial charge is 0.494 e. The number of halogens is 1. The van der Waals surface area contributed by atoms with Gasteiger partial charge in [-0.3, -0.25) is 4.79 Å². The highest BCUT2D eigenvalue weighted by atomic mass is 79.9. The predicted molar refractivity (Wildman–Crippen MR) is 145 cm³/mol. The Morgan fingerprint density at radius 2 is 1.72 bits per heavy atom. The zero-order valence-electron chi connectivity index (χ0n) is 20.1. The maximum atomic E-state index is 13.8. The molecule has 4 aromatic rings. The normalized spacial score (nSPS) is 11.0. The second-order valence-electron chi connectivity index (χ2n) is 7.39. The number of anilines is 1. The molecule has 0 atom stereocenters. The minimum atomic E-state index is -0.408. The minimum Gasteiger partial charge on any atom is -0.494 e. The number of nitrogens with zero attached hydrogens (tertiary/aromatic N) is 3. The van der Waals surface area contributed by atoms with Gasteiger partial charge in [0.05, 0.1) is 44.4 Å². The van der Waals surface area contributed by atoms with E-state index >= 15 is 0 Å². The number of carbonyl (C=O) groups is 1. The smallest absolute Gasteiger partial charge is 0.281 e. The van der Waals surface area contributed by atoms with Gasteiger partial charge < -0.3 is 18.9 Å². The molecule has 186 valence electrons. The molecule has 0 spiro atoms. The topological polar surface area (TPSA) is 82.5 Å². The second-order valence-corrected chi connectivity index (χ2v) is 9.31. The van der Waals surface area contributed by atoms with Crippen LogP contribution in [-0.4, -0.2) is 45.0 Å². The van der Waals surface area contributed by atoms with Crippen molar-refractivity contribution in [3.05, 3.63) is 70.2 Å². The number of rotatable bonds is 9. The first-order valence-corrected chi connectivity index (χ1v) is 12.6. The van der Waals surface area contributed by atoms with Crippen molar-refractivity contribution in [3.8, 4) is 23.0 Å². The first kappa shape index (κ1) is 25.5. The van der Waals surface area contributed by atoms with E-state index in [0.717, 1.165) is 26.0 Å². The predicted octanol–water partition coefficient (Wildman–Crippen LogP) is 6.16. The Labute approximate surface area is 221 Å². The van der Waals surface area contributed by atoms with E-state index in [1.54, 1.807) is 18.3 Å². The third kappa shape index (κ3) is 5.44. The molecule has 0 bridgehead atoms. The van der Waals surface area contributed by atoms with Gasteiger partial charge in [-0.1, -0.05) is 27.3 Å². The third-order valence-electron chi connectivity index (χ3n) is 5.14. The summed E-state index contributed by atoms with van der Waals surface area (Å²) in [4.78, 5) is 18.4. The molecule has 1 heterocycles. The van der Waals surface area contributed by atoms with Crippen molar-refractivity contribution in [3.63, 3.8) is 0 Å². The van der Waals surface area contributed by atoms with Crippen molar-refractivity contribution in [2.24, 2.45) is 5.10 Å². The van der Waals surface area contributed by atoms with E-state index in [2.05, 4.69) is 26.0 Å². The fraction of sp³-hybridized carbons (Fsp3) is 0.192. The van der Waals surface area contributed by atoms with Crippen LogP contribution in [0.3, 0.4) is 0 Å². The highest BCUT2D eigenvalue weighted by Crippen LogP contribution is 2.39. The van der Waals surface area contributed by atoms with E-state index < -0.39 is 5.91 Å². The summed E-state index contributed by atoms with van der Waals surface area (Å²) in [5, 5.41) is 6.22. The van der Waals surface area contributed by atoms with Crippen molar-refractivity contribution >= 4 is 54.7 Å². The number of hydrogen-bond acceptors (Lipinski definition) is 8. The highest BCUT2D eigenvalue weighted by molar-refractivity contribution is 9.10. The van der Waals surface area contributed by atoms with E-state index in [1.165, 1.54) is 37.7 Å². The van der Waals surface area contributed by atoms with Crippen LogP contribution in [0.25, 0.3) is 10.2 Å². The van der Waals surface area contributed by atoms with Crippen molar-refractivity contribution < 1.29 is 23.7 Å². The lowest BCUT2D eigenvalue weighted by Crippen LogP contribution is -2.25. The Bertz CT molecular complexity index is 1380. The average molecular weight is 570 g/mol. The van der Waals surface area contributed by atoms with Crippen LogP contribution in [0.1, 0.15) is 22.8 Å².